The lowest BCUT2D eigenvalue weighted by Crippen LogP contribution is -2.08. The largest absolute Gasteiger partial charge is 0.337 e. The lowest BCUT2D eigenvalue weighted by atomic mass is 10.1. The molecule has 0 atom stereocenters. The second kappa shape index (κ2) is 6.84. The third kappa shape index (κ3) is 2.98. The van der Waals surface area contributed by atoms with Crippen molar-refractivity contribution in [1.29, 1.82) is 0 Å². The molecule has 0 aliphatic heterocycles. The highest BCUT2D eigenvalue weighted by molar-refractivity contribution is 6.39. The quantitative estimate of drug-likeness (QED) is 0.372. The first-order valence-corrected chi connectivity index (χ1v) is 9.25. The molecule has 8 nitrogen and oxygen atoms in total. The van der Waals surface area contributed by atoms with E-state index in [2.05, 4.69) is 35.7 Å². The Hall–Kier alpha value is -3.49. The number of hydrogen-bond acceptors (Lipinski definition) is 6. The fourth-order valence-electron chi connectivity index (χ4n) is 3.20. The Balaban J connectivity index is 1.69. The van der Waals surface area contributed by atoms with Crippen molar-refractivity contribution in [3.63, 3.8) is 0 Å². The van der Waals surface area contributed by atoms with E-state index in [9.17, 15) is 4.79 Å². The highest BCUT2D eigenvalue weighted by Gasteiger charge is 2.16. The number of rotatable bonds is 3. The second-order valence-electron chi connectivity index (χ2n) is 6.24. The molecule has 0 bridgehead atoms. The van der Waals surface area contributed by atoms with Gasteiger partial charge in [0.05, 0.1) is 32.8 Å². The normalized spacial score (nSPS) is 11.2. The van der Waals surface area contributed by atoms with Gasteiger partial charge in [0.15, 0.2) is 0 Å². The predicted octanol–water partition coefficient (Wildman–Crippen LogP) is 4.31. The number of hydrogen-bond donors (Lipinski definition) is 3. The molecule has 5 aromatic rings. The number of H-pyrrole nitrogens is 2. The molecule has 29 heavy (non-hydrogen) atoms. The van der Waals surface area contributed by atoms with Crippen molar-refractivity contribution in [2.24, 2.45) is 0 Å². The van der Waals surface area contributed by atoms with Crippen LogP contribution in [-0.4, -0.2) is 30.4 Å². The van der Waals surface area contributed by atoms with Crippen LogP contribution in [0.5, 0.6) is 0 Å². The van der Waals surface area contributed by atoms with E-state index in [1.165, 1.54) is 0 Å². The lowest BCUT2D eigenvalue weighted by molar-refractivity contribution is 0.942. The van der Waals surface area contributed by atoms with Gasteiger partial charge in [0, 0.05) is 34.9 Å². The van der Waals surface area contributed by atoms with Crippen LogP contribution in [0, 0.1) is 0 Å². The third-order valence-electron chi connectivity index (χ3n) is 4.51. The molecule has 0 aliphatic rings. The van der Waals surface area contributed by atoms with Crippen molar-refractivity contribution >= 4 is 56.4 Å². The van der Waals surface area contributed by atoms with Gasteiger partial charge in [0.1, 0.15) is 11.5 Å². The summed E-state index contributed by atoms with van der Waals surface area (Å²) in [7, 11) is 0. The van der Waals surface area contributed by atoms with Crippen LogP contribution < -0.4 is 10.9 Å². The lowest BCUT2D eigenvalue weighted by Gasteiger charge is -2.14. The molecular formula is C19H11Cl2N7O. The van der Waals surface area contributed by atoms with Gasteiger partial charge in [-0.05, 0) is 24.3 Å². The Morgan fingerprint density at radius 1 is 1.03 bits per heavy atom. The standard InChI is InChI=1S/C19H11Cl2N7O/c20-12-5-9(15-8-24-28-27-15)6-13(21)17(12)26-18-10-1-4-23-19(29)16(10)11-7-22-3-2-14(11)25-18/h1-8H,(H,23,29)(H,25,26)(H,24,27,28). The molecule has 4 aromatic heterocycles. The second-order valence-corrected chi connectivity index (χ2v) is 7.06. The average Bonchev–Trinajstić information content (AvgIpc) is 3.25. The number of fused-ring (bicyclic) bond motifs is 3. The van der Waals surface area contributed by atoms with Gasteiger partial charge >= 0.3 is 0 Å². The molecule has 0 radical (unpaired) electrons. The highest BCUT2D eigenvalue weighted by atomic mass is 35.5. The van der Waals surface area contributed by atoms with E-state index in [0.29, 0.717) is 48.9 Å². The van der Waals surface area contributed by atoms with E-state index in [1.807, 2.05) is 0 Å². The van der Waals surface area contributed by atoms with Gasteiger partial charge in [-0.15, -0.1) is 0 Å². The van der Waals surface area contributed by atoms with Crippen LogP contribution in [0.4, 0.5) is 11.5 Å². The van der Waals surface area contributed by atoms with Gasteiger partial charge in [-0.2, -0.15) is 15.4 Å². The summed E-state index contributed by atoms with van der Waals surface area (Å²) >= 11 is 13.0. The summed E-state index contributed by atoms with van der Waals surface area (Å²) in [6.45, 7) is 0. The Morgan fingerprint density at radius 2 is 1.86 bits per heavy atom. The zero-order valence-corrected chi connectivity index (χ0v) is 16.1. The predicted molar refractivity (Wildman–Crippen MR) is 113 cm³/mol. The number of aromatic amines is 2. The van der Waals surface area contributed by atoms with Crippen molar-refractivity contribution in [2.45, 2.75) is 0 Å². The molecule has 0 unspecified atom stereocenters. The first kappa shape index (κ1) is 17.6. The van der Waals surface area contributed by atoms with Crippen LogP contribution in [0.1, 0.15) is 0 Å². The van der Waals surface area contributed by atoms with Gasteiger partial charge in [-0.1, -0.05) is 23.2 Å². The van der Waals surface area contributed by atoms with E-state index in [-0.39, 0.29) is 5.56 Å². The Kier molecular flexibility index (Phi) is 4.15. The van der Waals surface area contributed by atoms with E-state index in [4.69, 9.17) is 23.2 Å². The SMILES string of the molecule is O=c1[nH]ccc2c(Nc3c(Cl)cc(-c4cn[nH]n4)cc3Cl)nc3ccncc3c12. The van der Waals surface area contributed by atoms with Crippen molar-refractivity contribution < 1.29 is 0 Å². The topological polar surface area (TPSA) is 112 Å². The Bertz CT molecular complexity index is 1410. The van der Waals surface area contributed by atoms with Crippen LogP contribution in [0.25, 0.3) is 32.9 Å². The number of halogens is 2. The molecule has 5 rings (SSSR count). The van der Waals surface area contributed by atoms with E-state index in [1.54, 1.807) is 49.1 Å². The number of anilines is 2. The monoisotopic (exact) mass is 423 g/mol. The summed E-state index contributed by atoms with van der Waals surface area (Å²) in [5, 5.41) is 16.1. The first-order valence-electron chi connectivity index (χ1n) is 8.49. The van der Waals surface area contributed by atoms with Crippen LogP contribution >= 0.6 is 23.2 Å². The average molecular weight is 424 g/mol. The van der Waals surface area contributed by atoms with Gasteiger partial charge in [0.25, 0.3) is 5.56 Å². The smallest absolute Gasteiger partial charge is 0.256 e. The van der Waals surface area contributed by atoms with Crippen LogP contribution in [0.2, 0.25) is 10.0 Å². The summed E-state index contributed by atoms with van der Waals surface area (Å²) in [5.74, 6) is 0.461. The van der Waals surface area contributed by atoms with E-state index >= 15 is 0 Å². The summed E-state index contributed by atoms with van der Waals surface area (Å²) in [6.07, 6.45) is 6.38. The number of nitrogens with zero attached hydrogens (tertiary/aromatic N) is 4. The van der Waals surface area contributed by atoms with Crippen LogP contribution in [0.15, 0.2) is 53.8 Å². The molecule has 0 saturated heterocycles. The fourth-order valence-corrected chi connectivity index (χ4v) is 3.78. The maximum atomic E-state index is 12.5. The minimum absolute atomic E-state index is 0.232. The first-order chi connectivity index (χ1) is 14.1. The molecule has 0 saturated carbocycles. The Labute approximate surface area is 172 Å². The number of benzene rings is 1. The fraction of sp³-hybridized carbons (Fsp3) is 0. The van der Waals surface area contributed by atoms with Gasteiger partial charge in [-0.3, -0.25) is 9.78 Å². The van der Waals surface area contributed by atoms with Crippen LogP contribution in [0.3, 0.4) is 0 Å². The van der Waals surface area contributed by atoms with Crippen molar-refractivity contribution in [2.75, 3.05) is 5.32 Å². The summed E-state index contributed by atoms with van der Waals surface area (Å²) in [6, 6.07) is 6.97. The molecule has 4 heterocycles. The third-order valence-corrected chi connectivity index (χ3v) is 5.11. The van der Waals surface area contributed by atoms with Crippen molar-refractivity contribution in [3.05, 3.63) is 69.5 Å². The summed E-state index contributed by atoms with van der Waals surface area (Å²) in [5.41, 5.74) is 2.21. The molecule has 3 N–H and O–H groups in total. The molecule has 0 spiro atoms. The summed E-state index contributed by atoms with van der Waals surface area (Å²) < 4.78 is 0. The summed E-state index contributed by atoms with van der Waals surface area (Å²) in [4.78, 5) is 24.0. The van der Waals surface area contributed by atoms with Crippen molar-refractivity contribution in [3.8, 4) is 11.3 Å². The zero-order valence-electron chi connectivity index (χ0n) is 14.6. The molecule has 0 amide bonds. The van der Waals surface area contributed by atoms with Crippen molar-refractivity contribution in [1.82, 2.24) is 30.4 Å². The number of nitrogens with one attached hydrogen (secondary N) is 3. The number of pyridine rings is 3. The van der Waals surface area contributed by atoms with E-state index < -0.39 is 0 Å². The molecule has 142 valence electrons. The Morgan fingerprint density at radius 3 is 2.62 bits per heavy atom. The maximum absolute atomic E-state index is 12.5. The molecule has 1 aromatic carbocycles. The highest BCUT2D eigenvalue weighted by Crippen LogP contribution is 2.38. The minimum atomic E-state index is -0.232. The molecule has 10 heteroatoms. The zero-order chi connectivity index (χ0) is 20.0. The molecular weight excluding hydrogens is 413 g/mol. The van der Waals surface area contributed by atoms with Gasteiger partial charge in [-0.25, -0.2) is 4.98 Å². The molecule has 0 aliphatic carbocycles. The van der Waals surface area contributed by atoms with Crippen LogP contribution in [-0.2, 0) is 0 Å². The van der Waals surface area contributed by atoms with E-state index in [0.717, 1.165) is 5.56 Å². The molecule has 0 fully saturated rings. The van der Waals surface area contributed by atoms with Gasteiger partial charge in [0.2, 0.25) is 0 Å². The van der Waals surface area contributed by atoms with Gasteiger partial charge < -0.3 is 10.3 Å². The minimum Gasteiger partial charge on any atom is -0.337 e. The number of aromatic nitrogens is 6. The maximum Gasteiger partial charge on any atom is 0.256 e.